The number of aryl methyl sites for hydroxylation is 3. The zero-order valence-corrected chi connectivity index (χ0v) is 10.4. The summed E-state index contributed by atoms with van der Waals surface area (Å²) in [6, 6.07) is 6.08. The number of hydrogen-bond acceptors (Lipinski definition) is 2. The predicted molar refractivity (Wildman–Crippen MR) is 67.2 cm³/mol. The number of aromatic nitrogens is 2. The molecule has 0 aliphatic rings. The van der Waals surface area contributed by atoms with Crippen LogP contribution >= 0.6 is 0 Å². The minimum absolute atomic E-state index is 0.0722. The molecule has 0 saturated carbocycles. The van der Waals surface area contributed by atoms with E-state index < -0.39 is 0 Å². The predicted octanol–water partition coefficient (Wildman–Crippen LogP) is 2.46. The molecule has 2 rings (SSSR count). The van der Waals surface area contributed by atoms with Gasteiger partial charge in [-0.2, -0.15) is 0 Å². The second-order valence-electron chi connectivity index (χ2n) is 4.39. The van der Waals surface area contributed by atoms with Crippen molar-refractivity contribution >= 4 is 5.78 Å². The summed E-state index contributed by atoms with van der Waals surface area (Å²) in [7, 11) is 1.86. The molecule has 0 bridgehead atoms. The molecule has 1 aromatic carbocycles. The fraction of sp³-hybridized carbons (Fsp3) is 0.286. The van der Waals surface area contributed by atoms with E-state index in [4.69, 9.17) is 0 Å². The maximum atomic E-state index is 12.1. The van der Waals surface area contributed by atoms with E-state index in [2.05, 4.69) is 4.98 Å². The van der Waals surface area contributed by atoms with Crippen LogP contribution in [-0.2, 0) is 13.5 Å². The lowest BCUT2D eigenvalue weighted by Gasteiger charge is -2.07. The minimum atomic E-state index is 0.0722. The second-order valence-corrected chi connectivity index (χ2v) is 4.39. The van der Waals surface area contributed by atoms with E-state index in [0.29, 0.717) is 12.1 Å². The number of rotatable bonds is 3. The lowest BCUT2D eigenvalue weighted by Crippen LogP contribution is -2.06. The topological polar surface area (TPSA) is 34.9 Å². The first kappa shape index (κ1) is 11.6. The van der Waals surface area contributed by atoms with E-state index in [1.165, 1.54) is 0 Å². The van der Waals surface area contributed by atoms with Gasteiger partial charge >= 0.3 is 0 Å². The van der Waals surface area contributed by atoms with Crippen LogP contribution in [0.4, 0.5) is 0 Å². The van der Waals surface area contributed by atoms with Gasteiger partial charge in [-0.1, -0.05) is 18.2 Å². The molecule has 2 aromatic rings. The third kappa shape index (κ3) is 2.44. The van der Waals surface area contributed by atoms with Gasteiger partial charge in [0.05, 0.1) is 6.33 Å². The maximum absolute atomic E-state index is 12.1. The quantitative estimate of drug-likeness (QED) is 0.756. The molecule has 0 atom stereocenters. The Morgan fingerprint density at radius 3 is 2.47 bits per heavy atom. The van der Waals surface area contributed by atoms with Gasteiger partial charge in [0.25, 0.3) is 0 Å². The highest BCUT2D eigenvalue weighted by atomic mass is 16.1. The molecule has 1 aromatic heterocycles. The van der Waals surface area contributed by atoms with Crippen molar-refractivity contribution in [3.05, 3.63) is 53.1 Å². The lowest BCUT2D eigenvalue weighted by molar-refractivity contribution is 0.0988. The molecule has 0 unspecified atom stereocenters. The van der Waals surface area contributed by atoms with E-state index in [0.717, 1.165) is 16.7 Å². The summed E-state index contributed by atoms with van der Waals surface area (Å²) in [4.78, 5) is 16.1. The summed E-state index contributed by atoms with van der Waals surface area (Å²) < 4.78 is 1.79. The second kappa shape index (κ2) is 4.53. The van der Waals surface area contributed by atoms with Crippen LogP contribution in [0.15, 0.2) is 30.7 Å². The highest BCUT2D eigenvalue weighted by Crippen LogP contribution is 2.15. The number of benzene rings is 1. The first-order chi connectivity index (χ1) is 8.08. The summed E-state index contributed by atoms with van der Waals surface area (Å²) in [5.74, 6) is 0.0722. The van der Waals surface area contributed by atoms with Crippen LogP contribution < -0.4 is 0 Å². The average molecular weight is 228 g/mol. The van der Waals surface area contributed by atoms with Gasteiger partial charge in [-0.25, -0.2) is 4.98 Å². The third-order valence-electron chi connectivity index (χ3n) is 2.97. The minimum Gasteiger partial charge on any atom is -0.340 e. The van der Waals surface area contributed by atoms with Crippen molar-refractivity contribution in [2.24, 2.45) is 7.05 Å². The van der Waals surface area contributed by atoms with Crippen LogP contribution in [0.25, 0.3) is 0 Å². The van der Waals surface area contributed by atoms with Gasteiger partial charge in [0.15, 0.2) is 5.78 Å². The van der Waals surface area contributed by atoms with E-state index in [-0.39, 0.29) is 5.78 Å². The van der Waals surface area contributed by atoms with Crippen LogP contribution in [0.2, 0.25) is 0 Å². The molecule has 0 spiro atoms. The molecule has 17 heavy (non-hydrogen) atoms. The maximum Gasteiger partial charge on any atom is 0.187 e. The molecule has 0 radical (unpaired) electrons. The Hall–Kier alpha value is -1.90. The van der Waals surface area contributed by atoms with Crippen molar-refractivity contribution in [3.8, 4) is 0 Å². The summed E-state index contributed by atoms with van der Waals surface area (Å²) in [6.45, 7) is 4.07. The fourth-order valence-electron chi connectivity index (χ4n) is 1.94. The Kier molecular flexibility index (Phi) is 3.09. The molecule has 0 saturated heterocycles. The van der Waals surface area contributed by atoms with E-state index in [9.17, 15) is 4.79 Å². The van der Waals surface area contributed by atoms with Crippen molar-refractivity contribution in [1.82, 2.24) is 9.55 Å². The SMILES string of the molecule is Cc1cccc(C)c1CC(=O)c1cn(C)cn1. The smallest absolute Gasteiger partial charge is 0.187 e. The molecule has 88 valence electrons. The molecular formula is C14H16N2O. The van der Waals surface area contributed by atoms with Gasteiger partial charge in [0.2, 0.25) is 0 Å². The Balaban J connectivity index is 2.24. The molecule has 0 N–H and O–H groups in total. The summed E-state index contributed by atoms with van der Waals surface area (Å²) in [5, 5.41) is 0. The zero-order chi connectivity index (χ0) is 12.4. The highest BCUT2D eigenvalue weighted by Gasteiger charge is 2.12. The number of carbonyl (C=O) groups is 1. The summed E-state index contributed by atoms with van der Waals surface area (Å²) in [6.07, 6.45) is 3.84. The number of carbonyl (C=O) groups excluding carboxylic acids is 1. The standard InChI is InChI=1S/C14H16N2O/c1-10-5-4-6-11(2)12(10)7-14(17)13-8-16(3)9-15-13/h4-6,8-9H,7H2,1-3H3. The molecule has 0 aliphatic carbocycles. The molecular weight excluding hydrogens is 212 g/mol. The molecule has 1 heterocycles. The average Bonchev–Trinajstić information content (AvgIpc) is 2.70. The lowest BCUT2D eigenvalue weighted by atomic mass is 9.97. The fourth-order valence-corrected chi connectivity index (χ4v) is 1.94. The summed E-state index contributed by atoms with van der Waals surface area (Å²) in [5.41, 5.74) is 3.97. The van der Waals surface area contributed by atoms with Crippen molar-refractivity contribution in [3.63, 3.8) is 0 Å². The largest absolute Gasteiger partial charge is 0.340 e. The van der Waals surface area contributed by atoms with Gasteiger partial charge < -0.3 is 4.57 Å². The molecule has 0 fully saturated rings. The normalized spacial score (nSPS) is 10.5. The highest BCUT2D eigenvalue weighted by molar-refractivity contribution is 5.95. The van der Waals surface area contributed by atoms with Crippen molar-refractivity contribution < 1.29 is 4.79 Å². The Labute approximate surface area is 101 Å². The third-order valence-corrected chi connectivity index (χ3v) is 2.97. The van der Waals surface area contributed by atoms with Gasteiger partial charge in [-0.3, -0.25) is 4.79 Å². The zero-order valence-electron chi connectivity index (χ0n) is 10.4. The molecule has 3 nitrogen and oxygen atoms in total. The van der Waals surface area contributed by atoms with Gasteiger partial charge in [0.1, 0.15) is 5.69 Å². The van der Waals surface area contributed by atoms with E-state index >= 15 is 0 Å². The number of nitrogens with zero attached hydrogens (tertiary/aromatic N) is 2. The first-order valence-electron chi connectivity index (χ1n) is 5.64. The first-order valence-corrected chi connectivity index (χ1v) is 5.64. The summed E-state index contributed by atoms with van der Waals surface area (Å²) >= 11 is 0. The van der Waals surface area contributed by atoms with Gasteiger partial charge in [0, 0.05) is 19.7 Å². The monoisotopic (exact) mass is 228 g/mol. The molecule has 0 amide bonds. The number of Topliss-reactive ketones (excluding diaryl/α,β-unsaturated/α-hetero) is 1. The van der Waals surface area contributed by atoms with Crippen LogP contribution in [-0.4, -0.2) is 15.3 Å². The number of ketones is 1. The van der Waals surface area contributed by atoms with Crippen molar-refractivity contribution in [1.29, 1.82) is 0 Å². The van der Waals surface area contributed by atoms with Gasteiger partial charge in [-0.15, -0.1) is 0 Å². The number of hydrogen-bond donors (Lipinski definition) is 0. The molecule has 3 heteroatoms. The van der Waals surface area contributed by atoms with E-state index in [1.807, 2.05) is 39.1 Å². The van der Waals surface area contributed by atoms with Gasteiger partial charge in [-0.05, 0) is 30.5 Å². The van der Waals surface area contributed by atoms with Crippen LogP contribution in [0.3, 0.4) is 0 Å². The van der Waals surface area contributed by atoms with Crippen molar-refractivity contribution in [2.45, 2.75) is 20.3 Å². The van der Waals surface area contributed by atoms with E-state index in [1.54, 1.807) is 17.1 Å². The molecule has 0 aliphatic heterocycles. The van der Waals surface area contributed by atoms with Crippen LogP contribution in [0.1, 0.15) is 27.2 Å². The number of imidazole rings is 1. The Bertz CT molecular complexity index is 535. The Morgan fingerprint density at radius 1 is 1.29 bits per heavy atom. The van der Waals surface area contributed by atoms with Crippen LogP contribution in [0, 0.1) is 13.8 Å². The Morgan fingerprint density at radius 2 is 1.94 bits per heavy atom. The van der Waals surface area contributed by atoms with Crippen LogP contribution in [0.5, 0.6) is 0 Å². The van der Waals surface area contributed by atoms with Crippen molar-refractivity contribution in [2.75, 3.05) is 0 Å².